The van der Waals surface area contributed by atoms with Gasteiger partial charge in [0.15, 0.2) is 5.75 Å². The molecular formula is C9H12N2O5S. The molecule has 17 heavy (non-hydrogen) atoms. The molecule has 0 aliphatic heterocycles. The second kappa shape index (κ2) is 5.48. The Morgan fingerprint density at radius 1 is 1.53 bits per heavy atom. The molecule has 94 valence electrons. The summed E-state index contributed by atoms with van der Waals surface area (Å²) in [7, 11) is -3.89. The molecule has 0 aliphatic rings. The zero-order valence-corrected chi connectivity index (χ0v) is 9.90. The molecule has 0 saturated carbocycles. The molecule has 1 aromatic heterocycles. The van der Waals surface area contributed by atoms with Crippen molar-refractivity contribution in [1.29, 1.82) is 0 Å². The van der Waals surface area contributed by atoms with E-state index < -0.39 is 21.7 Å². The summed E-state index contributed by atoms with van der Waals surface area (Å²) in [6.07, 6.45) is 1.25. The summed E-state index contributed by atoms with van der Waals surface area (Å²) in [6.45, 7) is 2.25. The molecule has 7 nitrogen and oxygen atoms in total. The molecule has 1 heterocycles. The third-order valence-corrected chi connectivity index (χ3v) is 2.79. The summed E-state index contributed by atoms with van der Waals surface area (Å²) in [5, 5.41) is 8.39. The fourth-order valence-corrected chi connectivity index (χ4v) is 1.93. The SMILES string of the molecule is CCOc1ccc(NS(=O)(=O)CC(=O)O)cn1. The zero-order valence-electron chi connectivity index (χ0n) is 9.08. The molecule has 8 heteroatoms. The van der Waals surface area contributed by atoms with E-state index in [1.165, 1.54) is 18.3 Å². The fourth-order valence-electron chi connectivity index (χ4n) is 1.05. The van der Waals surface area contributed by atoms with E-state index >= 15 is 0 Å². The van der Waals surface area contributed by atoms with Crippen LogP contribution in [0.5, 0.6) is 5.88 Å². The molecule has 0 amide bonds. The second-order valence-corrected chi connectivity index (χ2v) is 4.80. The highest BCUT2D eigenvalue weighted by Gasteiger charge is 2.15. The Hall–Kier alpha value is -1.83. The molecule has 0 atom stereocenters. The largest absolute Gasteiger partial charge is 0.480 e. The molecular weight excluding hydrogens is 248 g/mol. The van der Waals surface area contributed by atoms with Crippen molar-refractivity contribution in [3.63, 3.8) is 0 Å². The van der Waals surface area contributed by atoms with E-state index in [0.717, 1.165) is 0 Å². The maximum Gasteiger partial charge on any atom is 0.320 e. The number of hydrogen-bond donors (Lipinski definition) is 2. The Morgan fingerprint density at radius 2 is 2.24 bits per heavy atom. The van der Waals surface area contributed by atoms with E-state index in [-0.39, 0.29) is 5.69 Å². The van der Waals surface area contributed by atoms with Crippen LogP contribution >= 0.6 is 0 Å². The average molecular weight is 260 g/mol. The van der Waals surface area contributed by atoms with Crippen molar-refractivity contribution in [3.8, 4) is 5.88 Å². The lowest BCUT2D eigenvalue weighted by atomic mass is 10.4. The number of hydrogen-bond acceptors (Lipinski definition) is 5. The molecule has 0 fully saturated rings. The topological polar surface area (TPSA) is 106 Å². The van der Waals surface area contributed by atoms with Crippen molar-refractivity contribution < 1.29 is 23.1 Å². The highest BCUT2D eigenvalue weighted by molar-refractivity contribution is 7.93. The Bertz CT molecular complexity index is 483. The predicted octanol–water partition coefficient (Wildman–Crippen LogP) is 0.307. The Labute approximate surface area is 98.5 Å². The number of aliphatic carboxylic acids is 1. The van der Waals surface area contributed by atoms with E-state index in [2.05, 4.69) is 9.71 Å². The number of rotatable bonds is 6. The van der Waals surface area contributed by atoms with Gasteiger partial charge in [-0.15, -0.1) is 0 Å². The number of nitrogens with zero attached hydrogens (tertiary/aromatic N) is 1. The van der Waals surface area contributed by atoms with Crippen LogP contribution in [0.2, 0.25) is 0 Å². The molecule has 2 N–H and O–H groups in total. The van der Waals surface area contributed by atoms with Crippen LogP contribution in [0.3, 0.4) is 0 Å². The summed E-state index contributed by atoms with van der Waals surface area (Å²) in [5.41, 5.74) is 0.190. The molecule has 0 radical (unpaired) electrons. The molecule has 0 aromatic carbocycles. The van der Waals surface area contributed by atoms with Gasteiger partial charge in [-0.3, -0.25) is 9.52 Å². The molecule has 0 bridgehead atoms. The van der Waals surface area contributed by atoms with Crippen molar-refractivity contribution in [3.05, 3.63) is 18.3 Å². The van der Waals surface area contributed by atoms with Crippen LogP contribution in [0.1, 0.15) is 6.92 Å². The van der Waals surface area contributed by atoms with Gasteiger partial charge in [-0.25, -0.2) is 13.4 Å². The summed E-state index contributed by atoms with van der Waals surface area (Å²) in [5.74, 6) is -2.04. The monoisotopic (exact) mass is 260 g/mol. The minimum Gasteiger partial charge on any atom is -0.480 e. The van der Waals surface area contributed by atoms with Crippen LogP contribution in [0.15, 0.2) is 18.3 Å². The lowest BCUT2D eigenvalue weighted by molar-refractivity contribution is -0.134. The lowest BCUT2D eigenvalue weighted by Gasteiger charge is -2.06. The first kappa shape index (κ1) is 13.2. The minimum atomic E-state index is -3.89. The smallest absolute Gasteiger partial charge is 0.320 e. The van der Waals surface area contributed by atoms with Crippen LogP contribution in [0.25, 0.3) is 0 Å². The van der Waals surface area contributed by atoms with Gasteiger partial charge in [0.1, 0.15) is 0 Å². The highest BCUT2D eigenvalue weighted by Crippen LogP contribution is 2.12. The maximum absolute atomic E-state index is 11.3. The third-order valence-electron chi connectivity index (χ3n) is 1.62. The molecule has 0 spiro atoms. The number of carboxylic acids is 1. The van der Waals surface area contributed by atoms with Gasteiger partial charge < -0.3 is 9.84 Å². The Kier molecular flexibility index (Phi) is 4.27. The number of carbonyl (C=O) groups is 1. The molecule has 0 unspecified atom stereocenters. The van der Waals surface area contributed by atoms with E-state index in [1.54, 1.807) is 6.92 Å². The fraction of sp³-hybridized carbons (Fsp3) is 0.333. The Balaban J connectivity index is 2.72. The van der Waals surface area contributed by atoms with Crippen LogP contribution in [0.4, 0.5) is 5.69 Å². The summed E-state index contributed by atoms with van der Waals surface area (Å²) >= 11 is 0. The van der Waals surface area contributed by atoms with Crippen molar-refractivity contribution in [2.75, 3.05) is 17.1 Å². The van der Waals surface area contributed by atoms with Gasteiger partial charge in [-0.1, -0.05) is 0 Å². The number of anilines is 1. The van der Waals surface area contributed by atoms with Crippen LogP contribution in [0, 0.1) is 0 Å². The quantitative estimate of drug-likeness (QED) is 0.762. The van der Waals surface area contributed by atoms with Crippen LogP contribution < -0.4 is 9.46 Å². The average Bonchev–Trinajstić information content (AvgIpc) is 2.18. The predicted molar refractivity (Wildman–Crippen MR) is 60.5 cm³/mol. The third kappa shape index (κ3) is 4.68. The first-order valence-electron chi connectivity index (χ1n) is 4.74. The van der Waals surface area contributed by atoms with Gasteiger partial charge in [0.25, 0.3) is 0 Å². The minimum absolute atomic E-state index is 0.190. The number of sulfonamides is 1. The first-order chi connectivity index (χ1) is 7.93. The van der Waals surface area contributed by atoms with E-state index in [1.807, 2.05) is 0 Å². The van der Waals surface area contributed by atoms with E-state index in [9.17, 15) is 13.2 Å². The van der Waals surface area contributed by atoms with Crippen molar-refractivity contribution >= 4 is 21.7 Å². The summed E-state index contributed by atoms with van der Waals surface area (Å²) in [6, 6.07) is 2.93. The van der Waals surface area contributed by atoms with Gasteiger partial charge in [0.05, 0.1) is 18.5 Å². The highest BCUT2D eigenvalue weighted by atomic mass is 32.2. The number of carboxylic acid groups (broad SMARTS) is 1. The second-order valence-electron chi connectivity index (χ2n) is 3.07. The van der Waals surface area contributed by atoms with Gasteiger partial charge in [0.2, 0.25) is 15.9 Å². The number of pyridine rings is 1. The standard InChI is InChI=1S/C9H12N2O5S/c1-2-16-8-4-3-7(5-10-8)11-17(14,15)6-9(12)13/h3-5,11H,2,6H2,1H3,(H,12,13). The van der Waals surface area contributed by atoms with Gasteiger partial charge in [-0.2, -0.15) is 0 Å². The van der Waals surface area contributed by atoms with E-state index in [4.69, 9.17) is 9.84 Å². The van der Waals surface area contributed by atoms with Crippen molar-refractivity contribution in [1.82, 2.24) is 4.98 Å². The number of aromatic nitrogens is 1. The molecule has 1 rings (SSSR count). The van der Waals surface area contributed by atoms with Gasteiger partial charge in [-0.05, 0) is 13.0 Å². The van der Waals surface area contributed by atoms with Gasteiger partial charge in [0, 0.05) is 6.07 Å². The zero-order chi connectivity index (χ0) is 12.9. The molecule has 0 aliphatic carbocycles. The Morgan fingerprint density at radius 3 is 2.71 bits per heavy atom. The van der Waals surface area contributed by atoms with E-state index in [0.29, 0.717) is 12.5 Å². The molecule has 1 aromatic rings. The number of ether oxygens (including phenoxy) is 1. The van der Waals surface area contributed by atoms with Crippen LogP contribution in [-0.4, -0.2) is 36.8 Å². The number of nitrogens with one attached hydrogen (secondary N) is 1. The van der Waals surface area contributed by atoms with Crippen molar-refractivity contribution in [2.24, 2.45) is 0 Å². The maximum atomic E-state index is 11.3. The molecule has 0 saturated heterocycles. The van der Waals surface area contributed by atoms with Crippen molar-refractivity contribution in [2.45, 2.75) is 6.92 Å². The van der Waals surface area contributed by atoms with Gasteiger partial charge >= 0.3 is 5.97 Å². The summed E-state index contributed by atoms with van der Waals surface area (Å²) in [4.78, 5) is 14.1. The normalized spacial score (nSPS) is 10.9. The lowest BCUT2D eigenvalue weighted by Crippen LogP contribution is -2.22. The summed E-state index contributed by atoms with van der Waals surface area (Å²) < 4.78 is 29.7. The van der Waals surface area contributed by atoms with Crippen LogP contribution in [-0.2, 0) is 14.8 Å². The first-order valence-corrected chi connectivity index (χ1v) is 6.39.